The van der Waals surface area contributed by atoms with Crippen LogP contribution < -0.4 is 10.6 Å². The van der Waals surface area contributed by atoms with E-state index in [0.717, 1.165) is 6.42 Å². The van der Waals surface area contributed by atoms with E-state index in [1.807, 2.05) is 6.92 Å². The van der Waals surface area contributed by atoms with E-state index in [4.69, 9.17) is 4.74 Å². The maximum Gasteiger partial charge on any atom is 0.220 e. The van der Waals surface area contributed by atoms with Crippen molar-refractivity contribution in [3.8, 4) is 0 Å². The molecular weight excluding hydrogens is 199 g/mol. The lowest BCUT2D eigenvalue weighted by atomic mass is 10.3. The van der Waals surface area contributed by atoms with Crippen LogP contribution in [0.5, 0.6) is 0 Å². The average Bonchev–Trinajstić information content (AvgIpc) is 2.22. The Balaban J connectivity index is 3.32. The third-order valence-electron chi connectivity index (χ3n) is 1.79. The summed E-state index contributed by atoms with van der Waals surface area (Å²) in [4.78, 5) is 11.0. The van der Waals surface area contributed by atoms with Crippen molar-refractivity contribution in [3.63, 3.8) is 0 Å². The van der Waals surface area contributed by atoms with Crippen LogP contribution in [0.2, 0.25) is 0 Å². The topological polar surface area (TPSA) is 50.4 Å². The molecule has 0 heterocycles. The van der Waals surface area contributed by atoms with Crippen LogP contribution in [-0.4, -0.2) is 45.4 Å². The van der Waals surface area contributed by atoms with E-state index in [1.54, 1.807) is 7.05 Å². The van der Waals surface area contributed by atoms with Gasteiger partial charge in [0.25, 0.3) is 0 Å². The van der Waals surface area contributed by atoms with Crippen LogP contribution >= 0.6 is 0 Å². The van der Waals surface area contributed by atoms with Gasteiger partial charge in [0, 0.05) is 13.0 Å². The van der Waals surface area contributed by atoms with Gasteiger partial charge < -0.3 is 15.4 Å². The van der Waals surface area contributed by atoms with Crippen molar-refractivity contribution >= 4 is 5.91 Å². The second-order valence-corrected chi connectivity index (χ2v) is 3.33. The molecule has 0 fully saturated rings. The normalized spacial score (nSPS) is 12.5. The van der Waals surface area contributed by atoms with Gasteiger partial charge in [-0.1, -0.05) is 6.92 Å². The minimum Gasteiger partial charge on any atom is -0.377 e. The maximum atomic E-state index is 13.1. The van der Waals surface area contributed by atoms with Gasteiger partial charge in [-0.2, -0.15) is 0 Å². The average molecular weight is 220 g/mol. The van der Waals surface area contributed by atoms with E-state index < -0.39 is 6.17 Å². The number of hydrogen-bond acceptors (Lipinski definition) is 3. The first-order valence-corrected chi connectivity index (χ1v) is 5.33. The molecule has 1 atom stereocenters. The molecule has 2 N–H and O–H groups in total. The zero-order valence-electron chi connectivity index (χ0n) is 9.51. The summed E-state index contributed by atoms with van der Waals surface area (Å²) in [5, 5.41) is 5.41. The van der Waals surface area contributed by atoms with E-state index in [2.05, 4.69) is 10.6 Å². The molecule has 90 valence electrons. The number of carbonyl (C=O) groups is 1. The first-order valence-electron chi connectivity index (χ1n) is 5.33. The van der Waals surface area contributed by atoms with Crippen LogP contribution in [0.3, 0.4) is 0 Å². The van der Waals surface area contributed by atoms with E-state index in [-0.39, 0.29) is 19.1 Å². The predicted octanol–water partition coefficient (Wildman–Crippen LogP) is 0.477. The molecule has 0 aliphatic rings. The number of ether oxygens (including phenoxy) is 1. The summed E-state index contributed by atoms with van der Waals surface area (Å²) < 4.78 is 18.1. The molecule has 0 saturated heterocycles. The van der Waals surface area contributed by atoms with Crippen molar-refractivity contribution in [2.75, 3.05) is 33.4 Å². The molecule has 1 amide bonds. The van der Waals surface area contributed by atoms with Crippen LogP contribution in [0, 0.1) is 0 Å². The summed E-state index contributed by atoms with van der Waals surface area (Å²) in [6, 6.07) is 0. The molecule has 5 heteroatoms. The van der Waals surface area contributed by atoms with Gasteiger partial charge in [0.1, 0.15) is 6.17 Å². The van der Waals surface area contributed by atoms with Gasteiger partial charge >= 0.3 is 0 Å². The number of hydrogen-bond donors (Lipinski definition) is 2. The van der Waals surface area contributed by atoms with Crippen LogP contribution in [0.1, 0.15) is 19.8 Å². The van der Waals surface area contributed by atoms with Gasteiger partial charge in [-0.15, -0.1) is 0 Å². The monoisotopic (exact) mass is 220 g/mol. The lowest BCUT2D eigenvalue weighted by molar-refractivity contribution is -0.121. The molecule has 0 aromatic rings. The van der Waals surface area contributed by atoms with Crippen molar-refractivity contribution < 1.29 is 13.9 Å². The molecular formula is C10H21FN2O2. The summed E-state index contributed by atoms with van der Waals surface area (Å²) >= 11 is 0. The number of likely N-dealkylation sites (N-methyl/N-ethyl adjacent to an activating group) is 1. The highest BCUT2D eigenvalue weighted by Gasteiger charge is 2.08. The molecule has 0 radical (unpaired) electrons. The van der Waals surface area contributed by atoms with Crippen molar-refractivity contribution in [2.45, 2.75) is 25.9 Å². The Bertz CT molecular complexity index is 168. The maximum absolute atomic E-state index is 13.1. The van der Waals surface area contributed by atoms with Crippen LogP contribution in [0.15, 0.2) is 0 Å². The van der Waals surface area contributed by atoms with Crippen molar-refractivity contribution in [2.24, 2.45) is 0 Å². The van der Waals surface area contributed by atoms with E-state index in [9.17, 15) is 9.18 Å². The Morgan fingerprint density at radius 3 is 2.87 bits per heavy atom. The molecule has 4 nitrogen and oxygen atoms in total. The summed E-state index contributed by atoms with van der Waals surface area (Å²) in [5.74, 6) is -0.102. The predicted molar refractivity (Wildman–Crippen MR) is 57.6 cm³/mol. The molecule has 0 spiro atoms. The fourth-order valence-electron chi connectivity index (χ4n) is 0.984. The van der Waals surface area contributed by atoms with Crippen LogP contribution in [-0.2, 0) is 9.53 Å². The number of halogens is 1. The third-order valence-corrected chi connectivity index (χ3v) is 1.79. The first-order chi connectivity index (χ1) is 7.20. The first kappa shape index (κ1) is 14.3. The Morgan fingerprint density at radius 2 is 2.27 bits per heavy atom. The van der Waals surface area contributed by atoms with Crippen molar-refractivity contribution in [1.82, 2.24) is 10.6 Å². The van der Waals surface area contributed by atoms with E-state index in [1.165, 1.54) is 0 Å². The smallest absolute Gasteiger partial charge is 0.220 e. The van der Waals surface area contributed by atoms with Gasteiger partial charge in [0.2, 0.25) is 5.91 Å². The van der Waals surface area contributed by atoms with Gasteiger partial charge in [0.05, 0.1) is 19.8 Å². The molecule has 0 aliphatic heterocycles. The largest absolute Gasteiger partial charge is 0.377 e. The van der Waals surface area contributed by atoms with Gasteiger partial charge in [-0.25, -0.2) is 4.39 Å². The van der Waals surface area contributed by atoms with Crippen molar-refractivity contribution in [1.29, 1.82) is 0 Å². The SMILES string of the molecule is CCCC(=O)NCC(F)COCCNC. The molecule has 0 aliphatic carbocycles. The van der Waals surface area contributed by atoms with Gasteiger partial charge in [-0.3, -0.25) is 4.79 Å². The lowest BCUT2D eigenvalue weighted by Gasteiger charge is -2.10. The lowest BCUT2D eigenvalue weighted by Crippen LogP contribution is -2.32. The number of amides is 1. The summed E-state index contributed by atoms with van der Waals surface area (Å²) in [7, 11) is 1.81. The molecule has 0 bridgehead atoms. The molecule has 0 aromatic carbocycles. The Kier molecular flexibility index (Phi) is 9.41. The highest BCUT2D eigenvalue weighted by Crippen LogP contribution is 1.92. The van der Waals surface area contributed by atoms with Gasteiger partial charge in [0.15, 0.2) is 0 Å². The Labute approximate surface area is 90.6 Å². The minimum absolute atomic E-state index is 0.0358. The highest BCUT2D eigenvalue weighted by atomic mass is 19.1. The number of carbonyl (C=O) groups excluding carboxylic acids is 1. The number of rotatable bonds is 9. The molecule has 0 aromatic heterocycles. The van der Waals surface area contributed by atoms with E-state index >= 15 is 0 Å². The second-order valence-electron chi connectivity index (χ2n) is 3.33. The summed E-state index contributed by atoms with van der Waals surface area (Å²) in [6.45, 7) is 3.18. The number of nitrogens with one attached hydrogen (secondary N) is 2. The molecule has 15 heavy (non-hydrogen) atoms. The highest BCUT2D eigenvalue weighted by molar-refractivity contribution is 5.75. The number of alkyl halides is 1. The zero-order valence-corrected chi connectivity index (χ0v) is 9.51. The van der Waals surface area contributed by atoms with Crippen LogP contribution in [0.25, 0.3) is 0 Å². The Hall–Kier alpha value is -0.680. The minimum atomic E-state index is -1.12. The fraction of sp³-hybridized carbons (Fsp3) is 0.900. The molecule has 0 rings (SSSR count). The fourth-order valence-corrected chi connectivity index (χ4v) is 0.984. The molecule has 0 saturated carbocycles. The van der Waals surface area contributed by atoms with Crippen molar-refractivity contribution in [3.05, 3.63) is 0 Å². The Morgan fingerprint density at radius 1 is 1.53 bits per heavy atom. The standard InChI is InChI=1S/C10H21FN2O2/c1-3-4-10(14)13-7-9(11)8-15-6-5-12-2/h9,12H,3-8H2,1-2H3,(H,13,14). The summed E-state index contributed by atoms with van der Waals surface area (Å²) in [5.41, 5.74) is 0. The molecule has 1 unspecified atom stereocenters. The van der Waals surface area contributed by atoms with E-state index in [0.29, 0.717) is 19.6 Å². The van der Waals surface area contributed by atoms with Crippen LogP contribution in [0.4, 0.5) is 4.39 Å². The zero-order chi connectivity index (χ0) is 11.5. The summed E-state index contributed by atoms with van der Waals surface area (Å²) in [6.07, 6.45) is 0.108. The third kappa shape index (κ3) is 9.62. The second kappa shape index (κ2) is 9.86. The quantitative estimate of drug-likeness (QED) is 0.556. The van der Waals surface area contributed by atoms with Gasteiger partial charge in [-0.05, 0) is 13.5 Å².